The SMILES string of the molecule is CC[C@@]1(O)C(=O)OCc2c1cc1n(c2=O)Cc2cc3c(CN(C)C)c(O)ccc3nc2-1.CCc1c2c(nc3ccc(OC(=O)N4CCC(N5CCCCC5)CC4)cc13)-c1cc3c(c(=O)n1C2)COC(=O)[C@]3(O)CC.O=C1c2ccccc2C(=O)c2ccccc21. The van der Waals surface area contributed by atoms with Crippen molar-refractivity contribution < 1.29 is 53.5 Å². The highest BCUT2D eigenvalue weighted by molar-refractivity contribution is 6.28. The van der Waals surface area contributed by atoms with Crippen LogP contribution in [-0.2, 0) is 69.5 Å². The van der Waals surface area contributed by atoms with E-state index in [0.29, 0.717) is 124 Å². The van der Waals surface area contributed by atoms with E-state index >= 15 is 0 Å². The molecular formula is C70H69N7O13. The molecule has 1 amide bonds. The number of carbonyl (C=O) groups is 5. The lowest BCUT2D eigenvalue weighted by Crippen LogP contribution is -2.48. The van der Waals surface area contributed by atoms with Gasteiger partial charge in [0.25, 0.3) is 11.1 Å². The van der Waals surface area contributed by atoms with Gasteiger partial charge in [0, 0.05) is 86.5 Å². The molecule has 20 nitrogen and oxygen atoms in total. The van der Waals surface area contributed by atoms with Gasteiger partial charge >= 0.3 is 18.0 Å². The van der Waals surface area contributed by atoms with E-state index < -0.39 is 23.1 Å². The van der Waals surface area contributed by atoms with E-state index in [2.05, 4.69) is 11.8 Å². The number of rotatable bonds is 7. The number of carbonyl (C=O) groups excluding carboxylic acids is 5. The molecule has 10 heterocycles. The van der Waals surface area contributed by atoms with Gasteiger partial charge in [-0.15, -0.1) is 0 Å². The number of phenols is 1. The Bertz CT molecular complexity index is 4370. The van der Waals surface area contributed by atoms with E-state index in [1.165, 1.54) is 32.4 Å². The normalized spacial score (nSPS) is 19.6. The zero-order chi connectivity index (χ0) is 63.1. The fourth-order valence-corrected chi connectivity index (χ4v) is 14.1. The Balaban J connectivity index is 0.000000137. The fourth-order valence-electron chi connectivity index (χ4n) is 14.1. The van der Waals surface area contributed by atoms with Gasteiger partial charge in [-0.25, -0.2) is 24.4 Å². The highest BCUT2D eigenvalue weighted by atomic mass is 16.6. The number of amides is 1. The van der Waals surface area contributed by atoms with E-state index in [0.717, 1.165) is 51.4 Å². The van der Waals surface area contributed by atoms with E-state index in [1.54, 1.807) is 102 Å². The number of aromatic hydroxyl groups is 1. The minimum Gasteiger partial charge on any atom is -0.508 e. The molecule has 1 aliphatic carbocycles. The van der Waals surface area contributed by atoms with Gasteiger partial charge in [0.1, 0.15) is 24.7 Å². The van der Waals surface area contributed by atoms with Gasteiger partial charge in [0.15, 0.2) is 22.8 Å². The van der Waals surface area contributed by atoms with Crippen molar-refractivity contribution in [2.75, 3.05) is 40.3 Å². The van der Waals surface area contributed by atoms with Crippen LogP contribution in [-0.4, -0.2) is 125 Å². The van der Waals surface area contributed by atoms with Crippen LogP contribution in [0.15, 0.2) is 107 Å². The van der Waals surface area contributed by atoms with Crippen LogP contribution in [0.4, 0.5) is 4.79 Å². The maximum absolute atomic E-state index is 13.6. The molecule has 0 spiro atoms. The molecule has 4 aromatic carbocycles. The molecule has 2 saturated heterocycles. The summed E-state index contributed by atoms with van der Waals surface area (Å²) in [5, 5.41) is 34.2. The zero-order valence-electron chi connectivity index (χ0n) is 50.9. The summed E-state index contributed by atoms with van der Waals surface area (Å²) in [5.41, 5.74) is 6.44. The zero-order valence-corrected chi connectivity index (χ0v) is 50.9. The highest BCUT2D eigenvalue weighted by Gasteiger charge is 2.47. The summed E-state index contributed by atoms with van der Waals surface area (Å²) in [6.07, 6.45) is 6.37. The maximum Gasteiger partial charge on any atom is 0.415 e. The summed E-state index contributed by atoms with van der Waals surface area (Å²) < 4.78 is 19.4. The number of ketones is 2. The number of aliphatic hydroxyl groups is 2. The summed E-state index contributed by atoms with van der Waals surface area (Å²) in [5.74, 6) is -0.926. The third-order valence-corrected chi connectivity index (χ3v) is 19.1. The van der Waals surface area contributed by atoms with Gasteiger partial charge in [-0.05, 0) is 126 Å². The molecule has 2 fully saturated rings. The van der Waals surface area contributed by atoms with Crippen molar-refractivity contribution in [1.82, 2.24) is 33.8 Å². The molecule has 3 N–H and O–H groups in total. The number of fused-ring (bicyclic) bond motifs is 12. The Morgan fingerprint density at radius 1 is 0.622 bits per heavy atom. The molecule has 7 aliphatic rings. The number of aromatic nitrogens is 4. The van der Waals surface area contributed by atoms with E-state index in [-0.39, 0.29) is 60.6 Å². The number of esters is 2. The quantitative estimate of drug-likeness (QED) is 0.127. The van der Waals surface area contributed by atoms with Crippen molar-refractivity contribution in [3.63, 3.8) is 0 Å². The molecule has 2 atom stereocenters. The molecule has 0 radical (unpaired) electrons. The number of cyclic esters (lactones) is 2. The van der Waals surface area contributed by atoms with Gasteiger partial charge in [-0.3, -0.25) is 19.2 Å². The smallest absolute Gasteiger partial charge is 0.415 e. The minimum absolute atomic E-state index is 0.0641. The van der Waals surface area contributed by atoms with Crippen molar-refractivity contribution in [1.29, 1.82) is 0 Å². The number of benzene rings is 4. The topological polar surface area (TPSA) is 253 Å². The van der Waals surface area contributed by atoms with Crippen molar-refractivity contribution in [2.45, 2.75) is 122 Å². The predicted octanol–water partition coefficient (Wildman–Crippen LogP) is 8.40. The largest absolute Gasteiger partial charge is 0.508 e. The monoisotopic (exact) mass is 1220 g/mol. The number of ether oxygens (including phenoxy) is 3. The Labute approximate surface area is 517 Å². The van der Waals surface area contributed by atoms with Gasteiger partial charge in [-0.1, -0.05) is 75.7 Å². The number of hydrogen-bond acceptors (Lipinski definition) is 17. The molecular weight excluding hydrogens is 1150 g/mol. The van der Waals surface area contributed by atoms with Crippen LogP contribution >= 0.6 is 0 Å². The molecule has 20 heteroatoms. The highest BCUT2D eigenvalue weighted by Crippen LogP contribution is 2.43. The van der Waals surface area contributed by atoms with E-state index in [9.17, 15) is 48.9 Å². The van der Waals surface area contributed by atoms with E-state index in [1.807, 2.05) is 42.1 Å². The van der Waals surface area contributed by atoms with Crippen molar-refractivity contribution >= 4 is 51.4 Å². The van der Waals surface area contributed by atoms with Crippen LogP contribution in [0.2, 0.25) is 0 Å². The average Bonchev–Trinajstić information content (AvgIpc) is 1.54. The number of nitrogens with zero attached hydrogens (tertiary/aromatic N) is 7. The Morgan fingerprint density at radius 3 is 1.67 bits per heavy atom. The van der Waals surface area contributed by atoms with Crippen molar-refractivity contribution in [2.24, 2.45) is 0 Å². The van der Waals surface area contributed by atoms with Gasteiger partial charge in [0.05, 0.1) is 58.0 Å². The van der Waals surface area contributed by atoms with Crippen LogP contribution < -0.4 is 15.9 Å². The van der Waals surface area contributed by atoms with Gasteiger partial charge in [-0.2, -0.15) is 0 Å². The standard InChI is InChI=1S/C33H38N4O6.C23H23N3O5.C14H8O2/c1-3-22-23-16-21(43-32(40)36-14-10-20(11-15-36)35-12-6-5-7-13-35)8-9-27(23)34-29-24(22)18-37-28(29)17-26-25(30(37)38)19-42-31(39)33(26,41)4-2;1-4-23(30)16-8-18-20-12(9-26(18)21(28)15(16)11-31-22(23)29)7-13-14(10-25(2)3)19(27)6-5-17(13)24-20;15-13-9-5-1-2-6-10(9)14(16)12-8-4-3-7-11(12)13/h8-9,16-17,20,41H,3-7,10-15,18-19H2,1-2H3;5-8,27,30H,4,9-11H2,1-3H3;1-8H/t33-;23-;/m00./s1. The number of aryl methyl sites for hydroxylation is 1. The Hall–Kier alpha value is -9.21. The minimum atomic E-state index is -1.86. The molecule has 0 saturated carbocycles. The number of pyridine rings is 4. The molecule has 4 aromatic heterocycles. The first-order valence-corrected chi connectivity index (χ1v) is 30.9. The van der Waals surface area contributed by atoms with Gasteiger partial charge in [0.2, 0.25) is 0 Å². The lowest BCUT2D eigenvalue weighted by molar-refractivity contribution is -0.172. The summed E-state index contributed by atoms with van der Waals surface area (Å²) in [6.45, 7) is 10.1. The Kier molecular flexibility index (Phi) is 15.5. The first-order chi connectivity index (χ1) is 43.3. The summed E-state index contributed by atoms with van der Waals surface area (Å²) >= 11 is 0. The first kappa shape index (κ1) is 59.7. The number of piperidine rings is 2. The first-order valence-electron chi connectivity index (χ1n) is 30.9. The summed E-state index contributed by atoms with van der Waals surface area (Å²) in [6, 6.07) is 28.7. The lowest BCUT2D eigenvalue weighted by atomic mass is 9.84. The van der Waals surface area contributed by atoms with Crippen LogP contribution in [0.1, 0.15) is 142 Å². The third-order valence-electron chi connectivity index (χ3n) is 19.1. The molecule has 462 valence electrons. The Morgan fingerprint density at radius 2 is 1.13 bits per heavy atom. The predicted molar refractivity (Wildman–Crippen MR) is 333 cm³/mol. The van der Waals surface area contributed by atoms with Crippen LogP contribution in [0.5, 0.6) is 11.5 Å². The second-order valence-electron chi connectivity index (χ2n) is 24.5. The molecule has 8 aromatic rings. The average molecular weight is 1220 g/mol. The number of hydrogen-bond donors (Lipinski definition) is 3. The molecule has 90 heavy (non-hydrogen) atoms. The summed E-state index contributed by atoms with van der Waals surface area (Å²) in [7, 11) is 3.86. The van der Waals surface area contributed by atoms with Crippen LogP contribution in [0.25, 0.3) is 44.6 Å². The number of phenolic OH excluding ortho intramolecular Hbond substituents is 1. The van der Waals surface area contributed by atoms with E-state index in [4.69, 9.17) is 24.2 Å². The lowest BCUT2D eigenvalue weighted by Gasteiger charge is -2.39. The van der Waals surface area contributed by atoms with Crippen molar-refractivity contribution in [3.05, 3.63) is 185 Å². The van der Waals surface area contributed by atoms with Gasteiger partial charge < -0.3 is 53.4 Å². The third kappa shape index (κ3) is 9.96. The van der Waals surface area contributed by atoms with Crippen LogP contribution in [0, 0.1) is 0 Å². The maximum atomic E-state index is 13.6. The second-order valence-corrected chi connectivity index (χ2v) is 24.5. The summed E-state index contributed by atoms with van der Waals surface area (Å²) in [4.78, 5) is 105. The van der Waals surface area contributed by atoms with Crippen molar-refractivity contribution in [3.8, 4) is 34.3 Å². The second kappa shape index (κ2) is 23.3. The van der Waals surface area contributed by atoms with Crippen LogP contribution in [0.3, 0.4) is 0 Å². The fraction of sp³-hybridized carbons (Fsp3) is 0.357. The molecule has 15 rings (SSSR count). The molecule has 0 bridgehead atoms. The molecule has 0 unspecified atom stereocenters. The molecule has 6 aliphatic heterocycles. The number of likely N-dealkylation sites (tertiary alicyclic amines) is 2.